The first-order valence-corrected chi connectivity index (χ1v) is 16.2. The molecule has 0 spiro atoms. The summed E-state index contributed by atoms with van der Waals surface area (Å²) < 4.78 is 23.5. The third kappa shape index (κ3) is 17.1. The SMILES string of the molecule is CCCCCCCCCC(=O)C(C[N+](C)(C)C)(OP(=O)(O)OC[C@H](O)CO)C(=O)CCCCCCCCC. The fraction of sp³-hybridized carbons (Fsp3) is 0.929. The molecular weight excluding hydrogens is 509 g/mol. The predicted octanol–water partition coefficient (Wildman–Crippen LogP) is 5.34. The minimum atomic E-state index is -4.91. The summed E-state index contributed by atoms with van der Waals surface area (Å²) in [6, 6.07) is 0. The molecule has 38 heavy (non-hydrogen) atoms. The summed E-state index contributed by atoms with van der Waals surface area (Å²) in [4.78, 5) is 37.8. The smallest absolute Gasteiger partial charge is 0.394 e. The molecule has 0 aliphatic carbocycles. The van der Waals surface area contributed by atoms with Crippen LogP contribution < -0.4 is 0 Å². The first-order valence-electron chi connectivity index (χ1n) is 14.7. The molecule has 226 valence electrons. The molecule has 0 aliphatic rings. The highest BCUT2D eigenvalue weighted by atomic mass is 31.2. The largest absolute Gasteiger partial charge is 0.473 e. The summed E-state index contributed by atoms with van der Waals surface area (Å²) in [6.45, 7) is 2.86. The van der Waals surface area contributed by atoms with E-state index < -0.39 is 44.3 Å². The Bertz CT molecular complexity index is 665. The Labute approximate surface area is 231 Å². The maximum atomic E-state index is 13.7. The van der Waals surface area contributed by atoms with Crippen LogP contribution >= 0.6 is 7.82 Å². The number of ketones is 2. The number of aliphatic hydroxyl groups excluding tert-OH is 2. The van der Waals surface area contributed by atoms with Crippen LogP contribution in [-0.4, -0.2) is 83.8 Å². The van der Waals surface area contributed by atoms with E-state index in [-0.39, 0.29) is 23.9 Å². The van der Waals surface area contributed by atoms with E-state index in [1.54, 1.807) is 21.1 Å². The van der Waals surface area contributed by atoms with Gasteiger partial charge in [-0.2, -0.15) is 0 Å². The molecule has 9 nitrogen and oxygen atoms in total. The molecular formula is C28H57NO8P+. The van der Waals surface area contributed by atoms with E-state index >= 15 is 0 Å². The monoisotopic (exact) mass is 566 g/mol. The third-order valence-corrected chi connectivity index (χ3v) is 7.54. The number of Topliss-reactive ketones (excluding diaryl/α,β-unsaturated/α-hetero) is 2. The van der Waals surface area contributed by atoms with Gasteiger partial charge < -0.3 is 19.6 Å². The minimum absolute atomic E-state index is 0.0653. The summed E-state index contributed by atoms with van der Waals surface area (Å²) >= 11 is 0. The van der Waals surface area contributed by atoms with Gasteiger partial charge in [-0.15, -0.1) is 0 Å². The standard InChI is InChI=1S/C28H56NO8P/c1-6-8-10-12-14-16-18-20-26(32)28(24-29(3,4)5,37-38(34,35)36-23-25(31)22-30)27(33)21-19-17-15-13-11-9-7-2/h25,30-31H,6-24H2,1-5H3/p+1/t25-/m1/s1. The molecule has 0 heterocycles. The fourth-order valence-corrected chi connectivity index (χ4v) is 5.54. The molecule has 0 aromatic heterocycles. The Morgan fingerprint density at radius 3 is 1.55 bits per heavy atom. The molecule has 0 saturated carbocycles. The second-order valence-corrected chi connectivity index (χ2v) is 12.9. The van der Waals surface area contributed by atoms with Crippen molar-refractivity contribution in [3.63, 3.8) is 0 Å². The molecule has 10 heteroatoms. The predicted molar refractivity (Wildman–Crippen MR) is 151 cm³/mol. The normalized spacial score (nSPS) is 14.8. The Morgan fingerprint density at radius 2 is 1.18 bits per heavy atom. The van der Waals surface area contributed by atoms with Gasteiger partial charge in [0.1, 0.15) is 12.6 Å². The highest BCUT2D eigenvalue weighted by molar-refractivity contribution is 7.47. The zero-order chi connectivity index (χ0) is 29.1. The highest BCUT2D eigenvalue weighted by Gasteiger charge is 2.54. The summed E-state index contributed by atoms with van der Waals surface area (Å²) in [5, 5.41) is 18.6. The maximum absolute atomic E-state index is 13.7. The van der Waals surface area contributed by atoms with Gasteiger partial charge in [0.2, 0.25) is 5.60 Å². The zero-order valence-corrected chi connectivity index (χ0v) is 25.7. The molecule has 0 aromatic carbocycles. The molecule has 0 radical (unpaired) electrons. The van der Waals surface area contributed by atoms with Crippen LogP contribution in [0, 0.1) is 0 Å². The number of rotatable bonds is 26. The minimum Gasteiger partial charge on any atom is -0.394 e. The number of likely N-dealkylation sites (N-methyl/N-ethyl adjacent to an activating group) is 1. The summed E-state index contributed by atoms with van der Waals surface area (Å²) in [6.07, 6.45) is 12.7. The molecule has 0 aliphatic heterocycles. The number of hydrogen-bond acceptors (Lipinski definition) is 7. The van der Waals surface area contributed by atoms with Gasteiger partial charge in [-0.25, -0.2) is 4.57 Å². The molecule has 3 N–H and O–H groups in total. The number of hydrogen-bond donors (Lipinski definition) is 3. The van der Waals surface area contributed by atoms with Crippen molar-refractivity contribution in [2.24, 2.45) is 0 Å². The van der Waals surface area contributed by atoms with Crippen LogP contribution in [0.1, 0.15) is 117 Å². The number of carbonyl (C=O) groups is 2. The first kappa shape index (κ1) is 37.3. The lowest BCUT2D eigenvalue weighted by atomic mass is 9.86. The lowest BCUT2D eigenvalue weighted by Gasteiger charge is -2.37. The van der Waals surface area contributed by atoms with Gasteiger partial charge in [0.15, 0.2) is 11.6 Å². The zero-order valence-electron chi connectivity index (χ0n) is 24.8. The van der Waals surface area contributed by atoms with E-state index in [4.69, 9.17) is 14.2 Å². The molecule has 1 unspecified atom stereocenters. The van der Waals surface area contributed by atoms with Gasteiger partial charge in [0, 0.05) is 12.8 Å². The summed E-state index contributed by atoms with van der Waals surface area (Å²) in [5.74, 6) is -1.01. The van der Waals surface area contributed by atoms with Gasteiger partial charge in [-0.3, -0.25) is 18.6 Å². The highest BCUT2D eigenvalue weighted by Crippen LogP contribution is 2.49. The van der Waals surface area contributed by atoms with E-state index in [9.17, 15) is 24.2 Å². The lowest BCUT2D eigenvalue weighted by molar-refractivity contribution is -0.874. The maximum Gasteiger partial charge on any atom is 0.473 e. The number of phosphoric ester groups is 1. The first-order chi connectivity index (χ1) is 17.8. The average molecular weight is 567 g/mol. The summed E-state index contributed by atoms with van der Waals surface area (Å²) in [7, 11) is 0.459. The van der Waals surface area contributed by atoms with Crippen molar-refractivity contribution in [1.82, 2.24) is 0 Å². The number of carbonyl (C=O) groups excluding carboxylic acids is 2. The van der Waals surface area contributed by atoms with Gasteiger partial charge in [0.25, 0.3) is 0 Å². The van der Waals surface area contributed by atoms with Crippen molar-refractivity contribution >= 4 is 19.4 Å². The number of aliphatic hydroxyl groups is 2. The van der Waals surface area contributed by atoms with Crippen LogP contribution in [0.5, 0.6) is 0 Å². The molecule has 0 aromatic rings. The molecule has 0 bridgehead atoms. The number of phosphoric acid groups is 1. The van der Waals surface area contributed by atoms with Crippen LogP contribution in [0.3, 0.4) is 0 Å². The van der Waals surface area contributed by atoms with Crippen molar-refractivity contribution in [1.29, 1.82) is 0 Å². The van der Waals surface area contributed by atoms with Crippen LogP contribution in [-0.2, 0) is 23.2 Å². The molecule has 0 rings (SSSR count). The number of unbranched alkanes of at least 4 members (excludes halogenated alkanes) is 12. The van der Waals surface area contributed by atoms with E-state index in [2.05, 4.69) is 13.8 Å². The van der Waals surface area contributed by atoms with E-state index in [1.165, 1.54) is 12.8 Å². The van der Waals surface area contributed by atoms with Gasteiger partial charge in [0.05, 0.1) is 34.4 Å². The molecule has 0 fully saturated rings. The second-order valence-electron chi connectivity index (χ2n) is 11.6. The Morgan fingerprint density at radius 1 is 0.789 bits per heavy atom. The fourth-order valence-electron chi connectivity index (χ4n) is 4.48. The topological polar surface area (TPSA) is 130 Å². The van der Waals surface area contributed by atoms with Crippen molar-refractivity contribution in [2.75, 3.05) is 40.9 Å². The van der Waals surface area contributed by atoms with Crippen molar-refractivity contribution < 1.29 is 42.8 Å². The van der Waals surface area contributed by atoms with Gasteiger partial charge in [-0.05, 0) is 12.8 Å². The summed E-state index contributed by atoms with van der Waals surface area (Å²) in [5.41, 5.74) is -2.13. The van der Waals surface area contributed by atoms with E-state index in [0.29, 0.717) is 12.8 Å². The Balaban J connectivity index is 5.66. The lowest BCUT2D eigenvalue weighted by Crippen LogP contribution is -2.59. The van der Waals surface area contributed by atoms with Crippen LogP contribution in [0.25, 0.3) is 0 Å². The number of nitrogens with zero attached hydrogens (tertiary/aromatic N) is 1. The van der Waals surface area contributed by atoms with Crippen molar-refractivity contribution in [3.8, 4) is 0 Å². The Hall–Kier alpha value is -0.670. The Kier molecular flexibility index (Phi) is 19.9. The van der Waals surface area contributed by atoms with Gasteiger partial charge >= 0.3 is 7.82 Å². The number of quaternary nitrogens is 1. The molecule has 0 amide bonds. The average Bonchev–Trinajstić information content (AvgIpc) is 2.84. The van der Waals surface area contributed by atoms with Crippen LogP contribution in [0.15, 0.2) is 0 Å². The molecule has 2 atom stereocenters. The van der Waals surface area contributed by atoms with E-state index in [1.807, 2.05) is 0 Å². The third-order valence-electron chi connectivity index (χ3n) is 6.52. The van der Waals surface area contributed by atoms with Crippen molar-refractivity contribution in [3.05, 3.63) is 0 Å². The second kappa shape index (κ2) is 20.2. The van der Waals surface area contributed by atoms with Crippen LogP contribution in [0.2, 0.25) is 0 Å². The van der Waals surface area contributed by atoms with E-state index in [0.717, 1.165) is 64.2 Å². The van der Waals surface area contributed by atoms with Crippen molar-refractivity contribution in [2.45, 2.75) is 128 Å². The van der Waals surface area contributed by atoms with Crippen LogP contribution in [0.4, 0.5) is 0 Å². The quantitative estimate of drug-likeness (QED) is 0.0554. The van der Waals surface area contributed by atoms with Gasteiger partial charge in [-0.1, -0.05) is 90.9 Å². The molecule has 0 saturated heterocycles.